The van der Waals surface area contributed by atoms with Gasteiger partial charge in [0, 0.05) is 13.1 Å². The first-order valence-electron chi connectivity index (χ1n) is 5.24. The lowest BCUT2D eigenvalue weighted by Crippen LogP contribution is -2.38. The van der Waals surface area contributed by atoms with Gasteiger partial charge in [0.05, 0.1) is 0 Å². The Morgan fingerprint density at radius 2 is 2.06 bits per heavy atom. The number of hydrogen-bond donors (Lipinski definition) is 4. The monoisotopic (exact) mass is 230 g/mol. The molecular formula is C10H22N4O2. The number of hydrogen-bond acceptors (Lipinski definition) is 3. The van der Waals surface area contributed by atoms with Crippen LogP contribution in [0.2, 0.25) is 0 Å². The molecule has 0 aromatic heterocycles. The van der Waals surface area contributed by atoms with Crippen LogP contribution in [0.3, 0.4) is 0 Å². The van der Waals surface area contributed by atoms with Gasteiger partial charge in [0.2, 0.25) is 0 Å². The van der Waals surface area contributed by atoms with Crippen LogP contribution in [0.25, 0.3) is 0 Å². The second-order valence-electron chi connectivity index (χ2n) is 4.92. The Labute approximate surface area is 96.1 Å². The number of nitrogens with zero attached hydrogens (tertiary/aromatic N) is 1. The zero-order chi connectivity index (χ0) is 12.8. The molecule has 0 saturated heterocycles. The molecule has 6 nitrogen and oxygen atoms in total. The zero-order valence-electron chi connectivity index (χ0n) is 10.2. The Morgan fingerprint density at radius 3 is 2.50 bits per heavy atom. The summed E-state index contributed by atoms with van der Waals surface area (Å²) in [6.45, 7) is 7.21. The molecular weight excluding hydrogens is 208 g/mol. The summed E-state index contributed by atoms with van der Waals surface area (Å²) in [5.41, 5.74) is 11.0. The summed E-state index contributed by atoms with van der Waals surface area (Å²) in [5, 5.41) is 11.4. The highest BCUT2D eigenvalue weighted by Gasteiger charge is 2.11. The van der Waals surface area contributed by atoms with E-state index in [1.165, 1.54) is 0 Å². The third kappa shape index (κ3) is 8.05. The molecule has 94 valence electrons. The van der Waals surface area contributed by atoms with E-state index < -0.39 is 12.0 Å². The number of carboxylic acid groups (broad SMARTS) is 1. The highest BCUT2D eigenvalue weighted by molar-refractivity contribution is 5.78. The fourth-order valence-electron chi connectivity index (χ4n) is 0.857. The molecule has 1 unspecified atom stereocenters. The molecule has 0 spiro atoms. The number of guanidine groups is 1. The Kier molecular flexibility index (Phi) is 5.81. The molecule has 0 rings (SSSR count). The van der Waals surface area contributed by atoms with Crippen molar-refractivity contribution >= 4 is 11.9 Å². The van der Waals surface area contributed by atoms with E-state index in [9.17, 15) is 4.79 Å². The molecule has 0 heterocycles. The predicted molar refractivity (Wildman–Crippen MR) is 64.2 cm³/mol. The molecule has 0 radical (unpaired) electrons. The quantitative estimate of drug-likeness (QED) is 0.384. The van der Waals surface area contributed by atoms with E-state index in [1.54, 1.807) is 0 Å². The van der Waals surface area contributed by atoms with Crippen molar-refractivity contribution in [3.05, 3.63) is 0 Å². The van der Waals surface area contributed by atoms with Crippen molar-refractivity contribution in [2.45, 2.75) is 33.2 Å². The van der Waals surface area contributed by atoms with E-state index in [0.717, 1.165) is 0 Å². The van der Waals surface area contributed by atoms with E-state index in [-0.39, 0.29) is 5.41 Å². The normalized spacial score (nSPS) is 14.6. The van der Waals surface area contributed by atoms with Crippen LogP contribution < -0.4 is 16.8 Å². The van der Waals surface area contributed by atoms with Gasteiger partial charge in [-0.15, -0.1) is 0 Å². The summed E-state index contributed by atoms with van der Waals surface area (Å²) in [7, 11) is 0. The van der Waals surface area contributed by atoms with Crippen LogP contribution >= 0.6 is 0 Å². The zero-order valence-corrected chi connectivity index (χ0v) is 10.2. The van der Waals surface area contributed by atoms with Crippen molar-refractivity contribution in [3.63, 3.8) is 0 Å². The summed E-state index contributed by atoms with van der Waals surface area (Å²) in [5.74, 6) is -0.681. The number of carbonyl (C=O) groups is 1. The lowest BCUT2D eigenvalue weighted by atomic mass is 9.97. The first kappa shape index (κ1) is 14.7. The third-order valence-corrected chi connectivity index (χ3v) is 1.80. The average molecular weight is 230 g/mol. The van der Waals surface area contributed by atoms with Crippen LogP contribution in [0.1, 0.15) is 27.2 Å². The van der Waals surface area contributed by atoms with Gasteiger partial charge in [-0.25, -0.2) is 0 Å². The maximum atomic E-state index is 10.4. The van der Waals surface area contributed by atoms with Crippen LogP contribution in [0.4, 0.5) is 0 Å². The number of aliphatic carboxylic acids is 1. The van der Waals surface area contributed by atoms with Crippen LogP contribution in [-0.4, -0.2) is 36.2 Å². The minimum absolute atomic E-state index is 0.0871. The molecule has 0 fully saturated rings. The van der Waals surface area contributed by atoms with Gasteiger partial charge in [-0.05, 0) is 11.8 Å². The van der Waals surface area contributed by atoms with Crippen LogP contribution in [-0.2, 0) is 4.79 Å². The fraction of sp³-hybridized carbons (Fsp3) is 0.800. The van der Waals surface area contributed by atoms with Crippen LogP contribution in [0.15, 0.2) is 4.99 Å². The van der Waals surface area contributed by atoms with Gasteiger partial charge < -0.3 is 21.9 Å². The molecule has 0 amide bonds. The Morgan fingerprint density at radius 1 is 1.50 bits per heavy atom. The van der Waals surface area contributed by atoms with Gasteiger partial charge in [-0.1, -0.05) is 20.8 Å². The molecule has 0 aromatic carbocycles. The van der Waals surface area contributed by atoms with Gasteiger partial charge in [0.1, 0.15) is 6.04 Å². The average Bonchev–Trinajstić information content (AvgIpc) is 2.13. The molecule has 16 heavy (non-hydrogen) atoms. The first-order valence-corrected chi connectivity index (χ1v) is 5.24. The van der Waals surface area contributed by atoms with Crippen LogP contribution in [0.5, 0.6) is 0 Å². The van der Waals surface area contributed by atoms with Crippen molar-refractivity contribution in [2.24, 2.45) is 21.9 Å². The maximum Gasteiger partial charge on any atom is 0.320 e. The highest BCUT2D eigenvalue weighted by Crippen LogP contribution is 2.12. The van der Waals surface area contributed by atoms with Crippen molar-refractivity contribution < 1.29 is 9.90 Å². The number of carboxylic acids is 1. The molecule has 0 aliphatic rings. The topological polar surface area (TPSA) is 114 Å². The van der Waals surface area contributed by atoms with E-state index in [0.29, 0.717) is 25.5 Å². The molecule has 0 aromatic rings. The van der Waals surface area contributed by atoms with Gasteiger partial charge in [0.25, 0.3) is 0 Å². The van der Waals surface area contributed by atoms with Crippen molar-refractivity contribution in [1.82, 2.24) is 5.32 Å². The van der Waals surface area contributed by atoms with Gasteiger partial charge in [-0.2, -0.15) is 0 Å². The highest BCUT2D eigenvalue weighted by atomic mass is 16.4. The number of aliphatic imine (C=N–C) groups is 1. The summed E-state index contributed by atoms with van der Waals surface area (Å²) < 4.78 is 0. The summed E-state index contributed by atoms with van der Waals surface area (Å²) in [4.78, 5) is 14.6. The Bertz CT molecular complexity index is 258. The van der Waals surface area contributed by atoms with Gasteiger partial charge in [-0.3, -0.25) is 9.79 Å². The summed E-state index contributed by atoms with van der Waals surface area (Å²) >= 11 is 0. The van der Waals surface area contributed by atoms with E-state index >= 15 is 0 Å². The molecule has 0 aliphatic heterocycles. The second-order valence-corrected chi connectivity index (χ2v) is 4.92. The van der Waals surface area contributed by atoms with E-state index in [1.807, 2.05) is 0 Å². The largest absolute Gasteiger partial charge is 0.480 e. The lowest BCUT2D eigenvalue weighted by molar-refractivity contribution is -0.138. The number of nitrogens with one attached hydrogen (secondary N) is 1. The van der Waals surface area contributed by atoms with Crippen molar-refractivity contribution in [1.29, 1.82) is 0 Å². The SMILES string of the molecule is CC(C)(C)CN=C(N)NCCC(N)C(=O)O. The van der Waals surface area contributed by atoms with Gasteiger partial charge >= 0.3 is 5.97 Å². The molecule has 0 saturated carbocycles. The minimum Gasteiger partial charge on any atom is -0.480 e. The van der Waals surface area contributed by atoms with Gasteiger partial charge in [0.15, 0.2) is 5.96 Å². The summed E-state index contributed by atoms with van der Waals surface area (Å²) in [6, 6.07) is -0.858. The molecule has 0 bridgehead atoms. The molecule has 1 atom stereocenters. The lowest BCUT2D eigenvalue weighted by Gasteiger charge is -2.15. The Hall–Kier alpha value is -1.30. The van der Waals surface area contributed by atoms with Crippen molar-refractivity contribution in [2.75, 3.05) is 13.1 Å². The predicted octanol–water partition coefficient (Wildman–Crippen LogP) is -0.261. The maximum absolute atomic E-state index is 10.4. The molecule has 6 heteroatoms. The first-order chi connectivity index (χ1) is 7.22. The fourth-order valence-corrected chi connectivity index (χ4v) is 0.857. The Balaban J connectivity index is 3.81. The number of rotatable bonds is 5. The second kappa shape index (κ2) is 6.32. The van der Waals surface area contributed by atoms with Crippen molar-refractivity contribution in [3.8, 4) is 0 Å². The molecule has 0 aliphatic carbocycles. The molecule has 6 N–H and O–H groups in total. The van der Waals surface area contributed by atoms with E-state index in [2.05, 4.69) is 31.1 Å². The minimum atomic E-state index is -1.01. The standard InChI is InChI=1S/C10H22N4O2/c1-10(2,3)6-14-9(12)13-5-4-7(11)8(15)16/h7H,4-6,11H2,1-3H3,(H,15,16)(H3,12,13,14). The summed E-state index contributed by atoms with van der Waals surface area (Å²) in [6.07, 6.45) is 0.321. The van der Waals surface area contributed by atoms with E-state index in [4.69, 9.17) is 16.6 Å². The number of nitrogens with two attached hydrogens (primary N) is 2. The smallest absolute Gasteiger partial charge is 0.320 e. The van der Waals surface area contributed by atoms with Crippen LogP contribution in [0, 0.1) is 5.41 Å². The third-order valence-electron chi connectivity index (χ3n) is 1.80.